The lowest BCUT2D eigenvalue weighted by molar-refractivity contribution is 0.0936. The van der Waals surface area contributed by atoms with Crippen molar-refractivity contribution in [3.63, 3.8) is 0 Å². The molecule has 1 saturated heterocycles. The highest BCUT2D eigenvalue weighted by molar-refractivity contribution is 5.92. The second-order valence-electron chi connectivity index (χ2n) is 7.14. The van der Waals surface area contributed by atoms with Gasteiger partial charge in [0.25, 0.3) is 5.91 Å². The lowest BCUT2D eigenvalue weighted by Gasteiger charge is -2.26. The molecule has 1 N–H and O–H groups in total. The van der Waals surface area contributed by atoms with Crippen molar-refractivity contribution in [1.82, 2.24) is 20.0 Å². The Morgan fingerprint density at radius 3 is 2.55 bits per heavy atom. The summed E-state index contributed by atoms with van der Waals surface area (Å²) in [7, 11) is 0. The second kappa shape index (κ2) is 7.27. The lowest BCUT2D eigenvalue weighted by atomic mass is 9.92. The van der Waals surface area contributed by atoms with Gasteiger partial charge in [-0.25, -0.2) is 0 Å². The molecule has 22 heavy (non-hydrogen) atoms. The molecule has 1 aliphatic rings. The van der Waals surface area contributed by atoms with Crippen molar-refractivity contribution in [2.24, 2.45) is 0 Å². The minimum atomic E-state index is -0.0384. The van der Waals surface area contributed by atoms with Crippen molar-refractivity contribution < 1.29 is 4.79 Å². The highest BCUT2D eigenvalue weighted by atomic mass is 16.2. The van der Waals surface area contributed by atoms with Crippen LogP contribution in [0.15, 0.2) is 6.07 Å². The van der Waals surface area contributed by atoms with Crippen LogP contribution < -0.4 is 5.32 Å². The number of amides is 1. The van der Waals surface area contributed by atoms with E-state index in [1.807, 2.05) is 13.0 Å². The Hall–Kier alpha value is -1.36. The van der Waals surface area contributed by atoms with Crippen LogP contribution in [0.4, 0.5) is 0 Å². The molecule has 0 aliphatic carbocycles. The number of carbonyl (C=O) groups is 1. The van der Waals surface area contributed by atoms with Crippen LogP contribution in [0.5, 0.6) is 0 Å². The molecule has 1 amide bonds. The molecule has 2 heterocycles. The summed E-state index contributed by atoms with van der Waals surface area (Å²) >= 11 is 0. The van der Waals surface area contributed by atoms with Gasteiger partial charge >= 0.3 is 0 Å². The third-order valence-electron chi connectivity index (χ3n) is 4.24. The van der Waals surface area contributed by atoms with Gasteiger partial charge in [0.05, 0.1) is 5.69 Å². The number of likely N-dealkylation sites (tertiary alicyclic amines) is 1. The van der Waals surface area contributed by atoms with Crippen LogP contribution in [0.25, 0.3) is 0 Å². The highest BCUT2D eigenvalue weighted by Gasteiger charge is 2.22. The Balaban J connectivity index is 1.92. The van der Waals surface area contributed by atoms with Crippen LogP contribution in [0.3, 0.4) is 0 Å². The van der Waals surface area contributed by atoms with Gasteiger partial charge in [0, 0.05) is 25.0 Å². The minimum Gasteiger partial charge on any atom is -0.349 e. The SMILES string of the molecule is CCn1nc(C(C)(C)C)cc1C(=O)NCCN1CCCCC1. The zero-order chi connectivity index (χ0) is 16.2. The monoisotopic (exact) mass is 306 g/mol. The van der Waals surface area contributed by atoms with E-state index >= 15 is 0 Å². The standard InChI is InChI=1S/C17H30N4O/c1-5-21-14(13-15(19-21)17(2,3)4)16(22)18-9-12-20-10-7-6-8-11-20/h13H,5-12H2,1-4H3,(H,18,22). The fourth-order valence-corrected chi connectivity index (χ4v) is 2.81. The molecule has 124 valence electrons. The quantitative estimate of drug-likeness (QED) is 0.909. The number of aryl methyl sites for hydroxylation is 1. The molecule has 0 aromatic carbocycles. The maximum Gasteiger partial charge on any atom is 0.269 e. The molecule has 5 heteroatoms. The summed E-state index contributed by atoms with van der Waals surface area (Å²) < 4.78 is 1.80. The molecule has 1 aromatic rings. The van der Waals surface area contributed by atoms with Gasteiger partial charge in [-0.3, -0.25) is 9.48 Å². The molecular weight excluding hydrogens is 276 g/mol. The zero-order valence-corrected chi connectivity index (χ0v) is 14.5. The summed E-state index contributed by atoms with van der Waals surface area (Å²) in [4.78, 5) is 14.8. The number of hydrogen-bond donors (Lipinski definition) is 1. The Morgan fingerprint density at radius 2 is 1.95 bits per heavy atom. The predicted molar refractivity (Wildman–Crippen MR) is 89.2 cm³/mol. The molecule has 1 fully saturated rings. The van der Waals surface area contributed by atoms with E-state index < -0.39 is 0 Å². The van der Waals surface area contributed by atoms with Gasteiger partial charge in [-0.2, -0.15) is 5.10 Å². The molecular formula is C17H30N4O. The minimum absolute atomic E-state index is 0.0122. The average molecular weight is 306 g/mol. The second-order valence-corrected chi connectivity index (χ2v) is 7.14. The van der Waals surface area contributed by atoms with E-state index in [9.17, 15) is 4.79 Å². The summed E-state index contributed by atoms with van der Waals surface area (Å²) in [5, 5.41) is 7.61. The Kier molecular flexibility index (Phi) is 5.62. The van der Waals surface area contributed by atoms with Gasteiger partial charge in [-0.05, 0) is 38.9 Å². The van der Waals surface area contributed by atoms with Crippen LogP contribution in [-0.2, 0) is 12.0 Å². The molecule has 0 spiro atoms. The first-order valence-corrected chi connectivity index (χ1v) is 8.50. The third kappa shape index (κ3) is 4.32. The van der Waals surface area contributed by atoms with Crippen LogP contribution >= 0.6 is 0 Å². The first-order chi connectivity index (χ1) is 10.4. The van der Waals surface area contributed by atoms with E-state index in [0.29, 0.717) is 18.8 Å². The molecule has 0 atom stereocenters. The average Bonchev–Trinajstić information content (AvgIpc) is 2.92. The Morgan fingerprint density at radius 1 is 1.27 bits per heavy atom. The van der Waals surface area contributed by atoms with Gasteiger partial charge in [0.15, 0.2) is 0 Å². The lowest BCUT2D eigenvalue weighted by Crippen LogP contribution is -2.38. The summed E-state index contributed by atoms with van der Waals surface area (Å²) in [5.74, 6) is -0.0122. The fraction of sp³-hybridized carbons (Fsp3) is 0.765. The summed E-state index contributed by atoms with van der Waals surface area (Å²) in [6.45, 7) is 13.1. The smallest absolute Gasteiger partial charge is 0.269 e. The van der Waals surface area contributed by atoms with Crippen molar-refractivity contribution in [2.45, 2.75) is 58.9 Å². The maximum atomic E-state index is 12.4. The first kappa shape index (κ1) is 17.0. The number of hydrogen-bond acceptors (Lipinski definition) is 3. The van der Waals surface area contributed by atoms with Gasteiger partial charge in [0.1, 0.15) is 5.69 Å². The van der Waals surface area contributed by atoms with E-state index in [4.69, 9.17) is 0 Å². The fourth-order valence-electron chi connectivity index (χ4n) is 2.81. The number of aromatic nitrogens is 2. The van der Waals surface area contributed by atoms with Crippen LogP contribution in [0.1, 0.15) is 63.1 Å². The van der Waals surface area contributed by atoms with Gasteiger partial charge in [-0.1, -0.05) is 27.2 Å². The number of nitrogens with one attached hydrogen (secondary N) is 1. The van der Waals surface area contributed by atoms with Crippen molar-refractivity contribution in [3.05, 3.63) is 17.5 Å². The Labute approximate surface area is 134 Å². The number of piperidine rings is 1. The first-order valence-electron chi connectivity index (χ1n) is 8.50. The topological polar surface area (TPSA) is 50.2 Å². The number of rotatable bonds is 5. The molecule has 1 aliphatic heterocycles. The summed E-state index contributed by atoms with van der Waals surface area (Å²) in [6, 6.07) is 1.93. The van der Waals surface area contributed by atoms with Crippen molar-refractivity contribution in [1.29, 1.82) is 0 Å². The molecule has 0 unspecified atom stereocenters. The normalized spacial score (nSPS) is 16.7. The number of carbonyl (C=O) groups excluding carboxylic acids is 1. The van der Waals surface area contributed by atoms with Crippen LogP contribution in [0.2, 0.25) is 0 Å². The number of nitrogens with zero attached hydrogens (tertiary/aromatic N) is 3. The molecule has 0 radical (unpaired) electrons. The van der Waals surface area contributed by atoms with E-state index in [2.05, 4.69) is 36.1 Å². The molecule has 0 saturated carbocycles. The van der Waals surface area contributed by atoms with Crippen molar-refractivity contribution in [3.8, 4) is 0 Å². The van der Waals surface area contributed by atoms with E-state index in [-0.39, 0.29) is 11.3 Å². The Bertz CT molecular complexity index is 495. The molecule has 1 aromatic heterocycles. The molecule has 5 nitrogen and oxygen atoms in total. The van der Waals surface area contributed by atoms with Gasteiger partial charge in [0.2, 0.25) is 0 Å². The van der Waals surface area contributed by atoms with E-state index in [1.54, 1.807) is 4.68 Å². The predicted octanol–water partition coefficient (Wildman–Crippen LogP) is 2.42. The molecule has 0 bridgehead atoms. The summed E-state index contributed by atoms with van der Waals surface area (Å²) in [6.07, 6.45) is 3.91. The third-order valence-corrected chi connectivity index (χ3v) is 4.24. The van der Waals surface area contributed by atoms with E-state index in [1.165, 1.54) is 19.3 Å². The van der Waals surface area contributed by atoms with Crippen molar-refractivity contribution in [2.75, 3.05) is 26.2 Å². The largest absolute Gasteiger partial charge is 0.349 e. The highest BCUT2D eigenvalue weighted by Crippen LogP contribution is 2.21. The van der Waals surface area contributed by atoms with Crippen LogP contribution in [0, 0.1) is 0 Å². The maximum absolute atomic E-state index is 12.4. The van der Waals surface area contributed by atoms with Gasteiger partial charge < -0.3 is 10.2 Å². The van der Waals surface area contributed by atoms with Crippen molar-refractivity contribution >= 4 is 5.91 Å². The molecule has 2 rings (SSSR count). The zero-order valence-electron chi connectivity index (χ0n) is 14.5. The van der Waals surface area contributed by atoms with Gasteiger partial charge in [-0.15, -0.1) is 0 Å². The summed E-state index contributed by atoms with van der Waals surface area (Å²) in [5.41, 5.74) is 1.60. The van der Waals surface area contributed by atoms with E-state index in [0.717, 1.165) is 25.3 Å². The van der Waals surface area contributed by atoms with Crippen LogP contribution in [-0.4, -0.2) is 46.8 Å².